The molecule has 0 saturated carbocycles. The van der Waals surface area contributed by atoms with E-state index in [1.165, 1.54) is 22.7 Å². The molecule has 1 aromatic heterocycles. The van der Waals surface area contributed by atoms with Crippen LogP contribution < -0.4 is 20.3 Å². The summed E-state index contributed by atoms with van der Waals surface area (Å²) in [5.41, 5.74) is 2.05. The molecular weight excluding hydrogens is 518 g/mol. The molecule has 4 atom stereocenters. The number of urea groups is 1. The molecule has 1 fully saturated rings. The summed E-state index contributed by atoms with van der Waals surface area (Å²) < 4.78 is 5.87. The van der Waals surface area contributed by atoms with Crippen LogP contribution in [-0.2, 0) is 9.59 Å². The Morgan fingerprint density at radius 1 is 1.10 bits per heavy atom. The first kappa shape index (κ1) is 25.0. The highest BCUT2D eigenvalue weighted by molar-refractivity contribution is 8.01. The number of ether oxygens (including phenoxy) is 1. The third-order valence-electron chi connectivity index (χ3n) is 6.94. The molecule has 2 unspecified atom stereocenters. The molecule has 11 heteroatoms. The summed E-state index contributed by atoms with van der Waals surface area (Å²) in [5.74, 6) is 0.695. The third kappa shape index (κ3) is 4.59. The van der Waals surface area contributed by atoms with Gasteiger partial charge in [0.15, 0.2) is 0 Å². The third-order valence-corrected chi connectivity index (χ3v) is 8.23. The maximum absolute atomic E-state index is 13.4. The molecule has 3 aliphatic heterocycles. The smallest absolute Gasteiger partial charge is 0.327 e. The predicted molar refractivity (Wildman–Crippen MR) is 145 cm³/mol. The lowest BCUT2D eigenvalue weighted by Crippen LogP contribution is -2.51. The van der Waals surface area contributed by atoms with E-state index in [-0.39, 0.29) is 30.9 Å². The van der Waals surface area contributed by atoms with E-state index < -0.39 is 23.4 Å². The van der Waals surface area contributed by atoms with Crippen molar-refractivity contribution in [2.24, 2.45) is 0 Å². The zero-order valence-electron chi connectivity index (χ0n) is 20.7. The molecule has 10 nitrogen and oxygen atoms in total. The summed E-state index contributed by atoms with van der Waals surface area (Å²) in [5, 5.41) is 16.2. The van der Waals surface area contributed by atoms with Gasteiger partial charge in [-0.25, -0.2) is 9.78 Å². The zero-order chi connectivity index (χ0) is 27.1. The molecule has 3 aliphatic rings. The van der Waals surface area contributed by atoms with Gasteiger partial charge in [0.25, 0.3) is 0 Å². The Morgan fingerprint density at radius 3 is 2.59 bits per heavy atom. The van der Waals surface area contributed by atoms with Crippen molar-refractivity contribution in [2.45, 2.75) is 28.5 Å². The van der Waals surface area contributed by atoms with Crippen LogP contribution in [0.15, 0.2) is 84.5 Å². The number of aliphatic hydroxyl groups is 1. The van der Waals surface area contributed by atoms with Crippen LogP contribution in [0.1, 0.15) is 11.6 Å². The van der Waals surface area contributed by atoms with Crippen molar-refractivity contribution in [3.8, 4) is 11.5 Å². The highest BCUT2D eigenvalue weighted by Crippen LogP contribution is 2.50. The molecule has 3 aromatic rings. The molecule has 1 saturated heterocycles. The number of β-amino-alcohol motifs (C(OH)–C–C–N with tert-alkyl or cyclic N) is 1. The van der Waals surface area contributed by atoms with Gasteiger partial charge in [0.05, 0.1) is 29.6 Å². The van der Waals surface area contributed by atoms with Crippen molar-refractivity contribution in [3.63, 3.8) is 0 Å². The molecular formula is C28H25N5O5S. The number of hydrogen-bond donors (Lipinski definition) is 3. The number of thioether (sulfide) groups is 1. The fourth-order valence-electron chi connectivity index (χ4n) is 5.07. The molecule has 3 N–H and O–H groups in total. The zero-order valence-corrected chi connectivity index (χ0v) is 21.5. The highest BCUT2D eigenvalue weighted by atomic mass is 32.2. The lowest BCUT2D eigenvalue weighted by atomic mass is 9.99. The minimum atomic E-state index is -0.898. The standard InChI is InChI=1S/C28H25N5O5S/c1-2-22(35)32-14-19(21(34)15-32)30-26(36)25-24-23-20(12-13-29-27(23)39-25)33(28(37)31-24)16-8-10-18(11-9-16)38-17-6-4-3-5-7-17/h2-13,19,21,24-25,34H,1,14-15H2,(H,30,36)(H,31,37)/t19-,21-,24?,25?/m0/s1. The number of aromatic nitrogens is 1. The largest absolute Gasteiger partial charge is 0.457 e. The molecule has 198 valence electrons. The van der Waals surface area contributed by atoms with Crippen molar-refractivity contribution in [1.82, 2.24) is 20.5 Å². The average Bonchev–Trinajstić information content (AvgIpc) is 3.50. The van der Waals surface area contributed by atoms with E-state index in [0.29, 0.717) is 27.9 Å². The quantitative estimate of drug-likeness (QED) is 0.408. The first-order chi connectivity index (χ1) is 18.9. The summed E-state index contributed by atoms with van der Waals surface area (Å²) in [6, 6.07) is 16.8. The number of nitrogens with one attached hydrogen (secondary N) is 2. The lowest BCUT2D eigenvalue weighted by Gasteiger charge is -2.34. The van der Waals surface area contributed by atoms with E-state index in [4.69, 9.17) is 4.74 Å². The minimum absolute atomic E-state index is 0.115. The maximum Gasteiger partial charge on any atom is 0.327 e. The SMILES string of the molecule is C=CC(=O)N1C[C@H](NC(=O)C2Sc3nccc4c3C2NC(=O)N4c2ccc(Oc3ccccc3)cc2)[C@@H](O)C1. The number of nitrogens with zero attached hydrogens (tertiary/aromatic N) is 3. The summed E-state index contributed by atoms with van der Waals surface area (Å²) in [7, 11) is 0. The Balaban J connectivity index is 1.21. The van der Waals surface area contributed by atoms with Crippen molar-refractivity contribution in [2.75, 3.05) is 18.0 Å². The number of carbonyl (C=O) groups is 3. The Labute approximate surface area is 228 Å². The second-order valence-corrected chi connectivity index (χ2v) is 10.5. The second-order valence-electron chi connectivity index (χ2n) is 9.39. The van der Waals surface area contributed by atoms with Gasteiger partial charge in [-0.15, -0.1) is 0 Å². The van der Waals surface area contributed by atoms with Crippen molar-refractivity contribution in [1.29, 1.82) is 0 Å². The first-order valence-electron chi connectivity index (χ1n) is 12.4. The van der Waals surface area contributed by atoms with Gasteiger partial charge in [0.2, 0.25) is 11.8 Å². The number of anilines is 2. The number of benzene rings is 2. The summed E-state index contributed by atoms with van der Waals surface area (Å²) in [6.07, 6.45) is 1.91. The Kier molecular flexibility index (Phi) is 6.45. The average molecular weight is 544 g/mol. The van der Waals surface area contributed by atoms with Gasteiger partial charge in [-0.05, 0) is 48.5 Å². The molecule has 4 heterocycles. The van der Waals surface area contributed by atoms with E-state index in [1.54, 1.807) is 41.4 Å². The normalized spacial score (nSPS) is 23.2. The molecule has 39 heavy (non-hydrogen) atoms. The summed E-state index contributed by atoms with van der Waals surface area (Å²) in [6.45, 7) is 3.77. The van der Waals surface area contributed by atoms with Crippen LogP contribution >= 0.6 is 11.8 Å². The van der Waals surface area contributed by atoms with Gasteiger partial charge < -0.3 is 25.4 Å². The van der Waals surface area contributed by atoms with Gasteiger partial charge in [-0.1, -0.05) is 36.5 Å². The monoisotopic (exact) mass is 543 g/mol. The number of likely N-dealkylation sites (tertiary alicyclic amines) is 1. The lowest BCUT2D eigenvalue weighted by molar-refractivity contribution is -0.126. The molecule has 4 amide bonds. The van der Waals surface area contributed by atoms with Crippen LogP contribution in [0.5, 0.6) is 11.5 Å². The van der Waals surface area contributed by atoms with Crippen LogP contribution in [0.2, 0.25) is 0 Å². The van der Waals surface area contributed by atoms with Crippen LogP contribution in [0.4, 0.5) is 16.2 Å². The van der Waals surface area contributed by atoms with Gasteiger partial charge in [0.1, 0.15) is 21.8 Å². The van der Waals surface area contributed by atoms with E-state index in [9.17, 15) is 19.5 Å². The van der Waals surface area contributed by atoms with Gasteiger partial charge in [-0.3, -0.25) is 14.5 Å². The number of rotatable bonds is 6. The van der Waals surface area contributed by atoms with Crippen LogP contribution in [-0.4, -0.2) is 63.3 Å². The summed E-state index contributed by atoms with van der Waals surface area (Å²) in [4.78, 5) is 46.1. The number of amides is 4. The van der Waals surface area contributed by atoms with Gasteiger partial charge in [-0.2, -0.15) is 0 Å². The minimum Gasteiger partial charge on any atom is -0.457 e. The van der Waals surface area contributed by atoms with Gasteiger partial charge in [0, 0.05) is 24.8 Å². The number of carbonyl (C=O) groups excluding carboxylic acids is 3. The van der Waals surface area contributed by atoms with E-state index in [2.05, 4.69) is 22.2 Å². The van der Waals surface area contributed by atoms with Crippen molar-refractivity contribution in [3.05, 3.63) is 85.1 Å². The topological polar surface area (TPSA) is 124 Å². The van der Waals surface area contributed by atoms with Crippen LogP contribution in [0.3, 0.4) is 0 Å². The molecule has 0 aliphatic carbocycles. The second kappa shape index (κ2) is 10.1. The van der Waals surface area contributed by atoms with E-state index >= 15 is 0 Å². The van der Waals surface area contributed by atoms with E-state index in [1.807, 2.05) is 30.3 Å². The van der Waals surface area contributed by atoms with Gasteiger partial charge >= 0.3 is 6.03 Å². The Bertz CT molecular complexity index is 1450. The fraction of sp³-hybridized carbons (Fsp3) is 0.214. The van der Waals surface area contributed by atoms with Crippen LogP contribution in [0, 0.1) is 0 Å². The van der Waals surface area contributed by atoms with Crippen molar-refractivity contribution < 1.29 is 24.2 Å². The van der Waals surface area contributed by atoms with Crippen molar-refractivity contribution >= 4 is 41.0 Å². The van der Waals surface area contributed by atoms with E-state index in [0.717, 1.165) is 5.56 Å². The molecule has 0 spiro atoms. The predicted octanol–water partition coefficient (Wildman–Crippen LogP) is 3.12. The molecule has 6 rings (SSSR count). The fourth-order valence-corrected chi connectivity index (χ4v) is 6.31. The maximum atomic E-state index is 13.4. The highest BCUT2D eigenvalue weighted by Gasteiger charge is 2.47. The van der Waals surface area contributed by atoms with Crippen LogP contribution in [0.25, 0.3) is 0 Å². The Hall–Kier alpha value is -4.35. The molecule has 0 radical (unpaired) electrons. The first-order valence-corrected chi connectivity index (χ1v) is 13.3. The number of hydrogen-bond acceptors (Lipinski definition) is 7. The molecule has 0 bridgehead atoms. The number of para-hydroxylation sites is 1. The number of aliphatic hydroxyl groups excluding tert-OH is 1. The molecule has 2 aromatic carbocycles. The number of pyridine rings is 1. The Morgan fingerprint density at radius 2 is 1.85 bits per heavy atom. The summed E-state index contributed by atoms with van der Waals surface area (Å²) >= 11 is 1.27.